The average molecular weight is 352 g/mol. The van der Waals surface area contributed by atoms with Crippen molar-refractivity contribution in [3.8, 4) is 0 Å². The fourth-order valence-corrected chi connectivity index (χ4v) is 4.41. The fourth-order valence-electron chi connectivity index (χ4n) is 4.41. The molecule has 3 fully saturated rings. The van der Waals surface area contributed by atoms with Gasteiger partial charge < -0.3 is 20.2 Å². The van der Waals surface area contributed by atoms with Crippen LogP contribution >= 0.6 is 0 Å². The second-order valence-electron chi connectivity index (χ2n) is 8.20. The molecule has 0 saturated carbocycles. The second kappa shape index (κ2) is 8.01. The molecule has 142 valence electrons. The molecule has 0 radical (unpaired) electrons. The molecule has 0 aromatic rings. The molecule has 0 bridgehead atoms. The topological polar surface area (TPSA) is 76.1 Å². The number of piperazine rings is 1. The molecule has 2 N–H and O–H groups in total. The summed E-state index contributed by atoms with van der Waals surface area (Å²) in [6.07, 6.45) is 1.29. The highest BCUT2D eigenvalue weighted by atomic mass is 16.3. The Morgan fingerprint density at radius 3 is 2.20 bits per heavy atom. The van der Waals surface area contributed by atoms with Crippen LogP contribution in [0.5, 0.6) is 0 Å². The van der Waals surface area contributed by atoms with Crippen molar-refractivity contribution in [2.45, 2.75) is 38.8 Å². The molecular formula is C18H32N4O3. The van der Waals surface area contributed by atoms with E-state index in [1.165, 1.54) is 6.42 Å². The van der Waals surface area contributed by atoms with Crippen molar-refractivity contribution in [2.75, 3.05) is 52.4 Å². The van der Waals surface area contributed by atoms with Crippen LogP contribution in [0.25, 0.3) is 0 Å². The highest BCUT2D eigenvalue weighted by Gasteiger charge is 2.33. The van der Waals surface area contributed by atoms with Crippen LogP contribution in [0.3, 0.4) is 0 Å². The molecule has 4 unspecified atom stereocenters. The summed E-state index contributed by atoms with van der Waals surface area (Å²) < 4.78 is 0. The van der Waals surface area contributed by atoms with E-state index in [0.717, 1.165) is 26.2 Å². The summed E-state index contributed by atoms with van der Waals surface area (Å²) in [6, 6.07) is -0.250. The van der Waals surface area contributed by atoms with Crippen molar-refractivity contribution in [3.05, 3.63) is 0 Å². The van der Waals surface area contributed by atoms with Gasteiger partial charge in [-0.2, -0.15) is 0 Å². The average Bonchev–Trinajstić information content (AvgIpc) is 3.00. The fraction of sp³-hybridized carbons (Fsp3) is 0.889. The monoisotopic (exact) mass is 352 g/mol. The van der Waals surface area contributed by atoms with Crippen molar-refractivity contribution in [1.29, 1.82) is 0 Å². The molecule has 3 saturated heterocycles. The van der Waals surface area contributed by atoms with Gasteiger partial charge >= 0.3 is 0 Å². The van der Waals surface area contributed by atoms with E-state index >= 15 is 0 Å². The summed E-state index contributed by atoms with van der Waals surface area (Å²) >= 11 is 0. The molecule has 2 amide bonds. The number of piperidine rings is 1. The number of hydrogen-bond acceptors (Lipinski definition) is 5. The predicted octanol–water partition coefficient (Wildman–Crippen LogP) is -0.642. The van der Waals surface area contributed by atoms with Gasteiger partial charge in [0.2, 0.25) is 11.8 Å². The number of aliphatic hydroxyl groups excluding tert-OH is 1. The number of likely N-dealkylation sites (tertiary alicyclic amines) is 1. The number of nitrogens with one attached hydrogen (secondary N) is 1. The van der Waals surface area contributed by atoms with Gasteiger partial charge in [0.05, 0.1) is 18.7 Å². The zero-order chi connectivity index (χ0) is 18.0. The Hall–Kier alpha value is -1.18. The van der Waals surface area contributed by atoms with Gasteiger partial charge in [0, 0.05) is 45.8 Å². The van der Waals surface area contributed by atoms with Crippen molar-refractivity contribution in [1.82, 2.24) is 20.0 Å². The molecule has 4 atom stereocenters. The third-order valence-corrected chi connectivity index (χ3v) is 5.67. The third kappa shape index (κ3) is 4.71. The third-order valence-electron chi connectivity index (χ3n) is 5.67. The maximum absolute atomic E-state index is 12.6. The van der Waals surface area contributed by atoms with Crippen LogP contribution in [0.1, 0.15) is 26.7 Å². The number of aliphatic hydroxyl groups is 1. The lowest BCUT2D eigenvalue weighted by atomic mass is 9.92. The molecule has 3 aliphatic heterocycles. The molecule has 3 rings (SSSR count). The summed E-state index contributed by atoms with van der Waals surface area (Å²) in [7, 11) is 0. The van der Waals surface area contributed by atoms with Crippen molar-refractivity contribution in [2.24, 2.45) is 11.8 Å². The van der Waals surface area contributed by atoms with E-state index in [9.17, 15) is 14.7 Å². The van der Waals surface area contributed by atoms with Crippen LogP contribution in [0.15, 0.2) is 0 Å². The van der Waals surface area contributed by atoms with Gasteiger partial charge in [-0.25, -0.2) is 0 Å². The Kier molecular flexibility index (Phi) is 5.96. The highest BCUT2D eigenvalue weighted by Crippen LogP contribution is 2.21. The lowest BCUT2D eigenvalue weighted by Crippen LogP contribution is -2.55. The Morgan fingerprint density at radius 2 is 1.64 bits per heavy atom. The number of amides is 2. The molecule has 0 aromatic heterocycles. The van der Waals surface area contributed by atoms with Gasteiger partial charge in [0.15, 0.2) is 0 Å². The van der Waals surface area contributed by atoms with Crippen LogP contribution in [-0.4, -0.2) is 96.1 Å². The number of hydrogen-bond donors (Lipinski definition) is 2. The van der Waals surface area contributed by atoms with Gasteiger partial charge in [-0.05, 0) is 24.7 Å². The molecule has 7 nitrogen and oxygen atoms in total. The Morgan fingerprint density at radius 1 is 1.00 bits per heavy atom. The quantitative estimate of drug-likeness (QED) is 0.707. The maximum atomic E-state index is 12.6. The summed E-state index contributed by atoms with van der Waals surface area (Å²) in [4.78, 5) is 31.1. The Balaban J connectivity index is 1.43. The number of nitrogens with zero attached hydrogens (tertiary/aromatic N) is 3. The molecular weight excluding hydrogens is 320 g/mol. The first-order chi connectivity index (χ1) is 11.9. The Labute approximate surface area is 150 Å². The van der Waals surface area contributed by atoms with Crippen LogP contribution in [0.2, 0.25) is 0 Å². The summed E-state index contributed by atoms with van der Waals surface area (Å²) in [5.41, 5.74) is 0. The minimum atomic E-state index is -0.415. The minimum absolute atomic E-state index is 0.0845. The second-order valence-corrected chi connectivity index (χ2v) is 8.20. The zero-order valence-corrected chi connectivity index (χ0v) is 15.5. The summed E-state index contributed by atoms with van der Waals surface area (Å²) in [6.45, 7) is 9.94. The van der Waals surface area contributed by atoms with Crippen molar-refractivity contribution < 1.29 is 14.7 Å². The summed E-state index contributed by atoms with van der Waals surface area (Å²) in [5.74, 6) is 1.47. The van der Waals surface area contributed by atoms with E-state index < -0.39 is 6.10 Å². The first kappa shape index (κ1) is 18.6. The van der Waals surface area contributed by atoms with Gasteiger partial charge in [-0.3, -0.25) is 14.5 Å². The first-order valence-electron chi connectivity index (χ1n) is 9.62. The van der Waals surface area contributed by atoms with Gasteiger partial charge in [-0.15, -0.1) is 0 Å². The number of carbonyl (C=O) groups is 2. The highest BCUT2D eigenvalue weighted by molar-refractivity contribution is 5.82. The normalized spacial score (nSPS) is 34.4. The van der Waals surface area contributed by atoms with Crippen molar-refractivity contribution in [3.63, 3.8) is 0 Å². The molecule has 3 heterocycles. The summed E-state index contributed by atoms with van der Waals surface area (Å²) in [5, 5.41) is 12.6. The maximum Gasteiger partial charge on any atom is 0.239 e. The number of rotatable bonds is 3. The van der Waals surface area contributed by atoms with Gasteiger partial charge in [-0.1, -0.05) is 13.8 Å². The first-order valence-corrected chi connectivity index (χ1v) is 9.62. The van der Waals surface area contributed by atoms with E-state index in [1.54, 1.807) is 0 Å². The Bertz CT molecular complexity index is 483. The van der Waals surface area contributed by atoms with E-state index in [2.05, 4.69) is 24.1 Å². The lowest BCUT2D eigenvalue weighted by molar-refractivity contribution is -0.137. The SMILES string of the molecule is CC1CC(C)CN(C(=O)CN2CCN(C(=O)C3CC(O)CN3)CC2)C1. The van der Waals surface area contributed by atoms with E-state index in [1.807, 2.05) is 9.80 Å². The molecule has 7 heteroatoms. The molecule has 0 spiro atoms. The predicted molar refractivity (Wildman–Crippen MR) is 95.0 cm³/mol. The molecule has 3 aliphatic rings. The van der Waals surface area contributed by atoms with Crippen molar-refractivity contribution >= 4 is 11.8 Å². The number of carbonyl (C=O) groups excluding carboxylic acids is 2. The molecule has 25 heavy (non-hydrogen) atoms. The van der Waals surface area contributed by atoms with Crippen LogP contribution in [0.4, 0.5) is 0 Å². The van der Waals surface area contributed by atoms with Gasteiger partial charge in [0.25, 0.3) is 0 Å². The van der Waals surface area contributed by atoms with Crippen LogP contribution in [-0.2, 0) is 9.59 Å². The molecule has 0 aromatic carbocycles. The van der Waals surface area contributed by atoms with Gasteiger partial charge in [0.1, 0.15) is 0 Å². The largest absolute Gasteiger partial charge is 0.392 e. The smallest absolute Gasteiger partial charge is 0.239 e. The van der Waals surface area contributed by atoms with E-state index in [4.69, 9.17) is 0 Å². The number of β-amino-alcohol motifs (C(OH)–C–C–N with tert-alkyl or cyclic N) is 1. The minimum Gasteiger partial charge on any atom is -0.392 e. The van der Waals surface area contributed by atoms with Crippen LogP contribution in [0, 0.1) is 11.8 Å². The standard InChI is InChI=1S/C18H32N4O3/c1-13-7-14(2)11-22(10-13)17(24)12-20-3-5-21(6-4-20)18(25)16-8-15(23)9-19-16/h13-16,19,23H,3-12H2,1-2H3. The zero-order valence-electron chi connectivity index (χ0n) is 15.5. The van der Waals surface area contributed by atoms with E-state index in [0.29, 0.717) is 44.4 Å². The van der Waals surface area contributed by atoms with E-state index in [-0.39, 0.29) is 17.9 Å². The molecule has 0 aliphatic carbocycles. The van der Waals surface area contributed by atoms with Crippen LogP contribution < -0.4 is 5.32 Å². The lowest BCUT2D eigenvalue weighted by Gasteiger charge is -2.38.